The van der Waals surface area contributed by atoms with Gasteiger partial charge in [-0.15, -0.1) is 12.4 Å². The number of halogens is 1. The topological polar surface area (TPSA) is 111 Å². The van der Waals surface area contributed by atoms with Crippen LogP contribution in [0.4, 0.5) is 0 Å². The quantitative estimate of drug-likeness (QED) is 0.832. The van der Waals surface area contributed by atoms with Crippen LogP contribution in [0.1, 0.15) is 38.4 Å². The Hall–Kier alpha value is -1.48. The summed E-state index contributed by atoms with van der Waals surface area (Å²) in [6.07, 6.45) is 3.77. The zero-order chi connectivity index (χ0) is 16.5. The van der Waals surface area contributed by atoms with Crippen molar-refractivity contribution < 1.29 is 12.9 Å². The van der Waals surface area contributed by atoms with Gasteiger partial charge in [-0.05, 0) is 31.0 Å². The molecule has 132 valence electrons. The maximum absolute atomic E-state index is 12.1. The molecule has 1 fully saturated rings. The summed E-state index contributed by atoms with van der Waals surface area (Å²) in [7, 11) is -3.53. The zero-order valence-corrected chi connectivity index (χ0v) is 15.0. The highest BCUT2D eigenvalue weighted by atomic mass is 35.5. The van der Waals surface area contributed by atoms with Crippen molar-refractivity contribution in [2.24, 2.45) is 5.73 Å². The number of rotatable bonds is 5. The lowest BCUT2D eigenvalue weighted by Gasteiger charge is -2.17. The Kier molecular flexibility index (Phi) is 5.64. The predicted octanol–water partition coefficient (Wildman–Crippen LogP) is 2.18. The molecule has 1 aromatic heterocycles. The maximum Gasteiger partial charge on any atom is 0.258 e. The van der Waals surface area contributed by atoms with Crippen LogP contribution in [-0.2, 0) is 15.6 Å². The number of hydrogen-bond acceptors (Lipinski definition) is 6. The number of aromatic nitrogens is 2. The van der Waals surface area contributed by atoms with Crippen molar-refractivity contribution in [1.29, 1.82) is 0 Å². The number of nitrogens with one attached hydrogen (secondary N) is 1. The summed E-state index contributed by atoms with van der Waals surface area (Å²) in [5, 5.41) is 4.00. The van der Waals surface area contributed by atoms with Crippen LogP contribution in [0, 0.1) is 0 Å². The molecule has 0 unspecified atom stereocenters. The molecular weight excluding hydrogens is 352 g/mol. The van der Waals surface area contributed by atoms with Gasteiger partial charge in [-0.1, -0.05) is 31.0 Å². The van der Waals surface area contributed by atoms with E-state index >= 15 is 0 Å². The van der Waals surface area contributed by atoms with Crippen LogP contribution in [0.2, 0.25) is 0 Å². The van der Waals surface area contributed by atoms with E-state index < -0.39 is 15.6 Å². The van der Waals surface area contributed by atoms with Crippen molar-refractivity contribution in [3.63, 3.8) is 0 Å². The van der Waals surface area contributed by atoms with Gasteiger partial charge in [0, 0.05) is 12.1 Å². The second-order valence-electron chi connectivity index (χ2n) is 5.82. The van der Waals surface area contributed by atoms with E-state index in [1.165, 1.54) is 12.1 Å². The molecular formula is C15H21ClN4O3S. The van der Waals surface area contributed by atoms with Crippen LogP contribution in [0.25, 0.3) is 11.5 Å². The SMILES string of the molecule is CCNS(=O)(=O)c1cccc(-c2nc(C3(N)CCCC3)no2)c1.Cl. The van der Waals surface area contributed by atoms with E-state index in [4.69, 9.17) is 10.3 Å². The first kappa shape index (κ1) is 18.9. The summed E-state index contributed by atoms with van der Waals surface area (Å²) in [6.45, 7) is 2.06. The Balaban J connectivity index is 0.00000208. The van der Waals surface area contributed by atoms with E-state index in [0.29, 0.717) is 17.9 Å². The predicted molar refractivity (Wildman–Crippen MR) is 92.2 cm³/mol. The zero-order valence-electron chi connectivity index (χ0n) is 13.4. The molecule has 3 N–H and O–H groups in total. The van der Waals surface area contributed by atoms with Gasteiger partial charge in [0.25, 0.3) is 5.89 Å². The smallest absolute Gasteiger partial charge is 0.258 e. The molecule has 0 amide bonds. The van der Waals surface area contributed by atoms with E-state index in [1.54, 1.807) is 19.1 Å². The third kappa shape index (κ3) is 3.61. The molecule has 0 aliphatic heterocycles. The van der Waals surface area contributed by atoms with E-state index in [9.17, 15) is 8.42 Å². The fourth-order valence-corrected chi connectivity index (χ4v) is 3.93. The molecule has 9 heteroatoms. The van der Waals surface area contributed by atoms with Gasteiger partial charge >= 0.3 is 0 Å². The molecule has 1 aliphatic carbocycles. The van der Waals surface area contributed by atoms with Crippen LogP contribution in [0.3, 0.4) is 0 Å². The van der Waals surface area contributed by atoms with Gasteiger partial charge in [0.15, 0.2) is 5.82 Å². The van der Waals surface area contributed by atoms with E-state index in [0.717, 1.165) is 25.7 Å². The Morgan fingerprint density at radius 2 is 2.04 bits per heavy atom. The summed E-state index contributed by atoms with van der Waals surface area (Å²) in [4.78, 5) is 4.55. The lowest BCUT2D eigenvalue weighted by atomic mass is 9.99. The van der Waals surface area contributed by atoms with E-state index in [-0.39, 0.29) is 23.2 Å². The molecule has 7 nitrogen and oxygen atoms in total. The maximum atomic E-state index is 12.1. The number of benzene rings is 1. The third-order valence-electron chi connectivity index (χ3n) is 4.09. The molecule has 1 saturated carbocycles. The van der Waals surface area contributed by atoms with Crippen molar-refractivity contribution in [1.82, 2.24) is 14.9 Å². The molecule has 1 heterocycles. The highest BCUT2D eigenvalue weighted by molar-refractivity contribution is 7.89. The molecule has 0 saturated heterocycles. The molecule has 0 bridgehead atoms. The Morgan fingerprint density at radius 1 is 1.33 bits per heavy atom. The minimum absolute atomic E-state index is 0. The molecule has 24 heavy (non-hydrogen) atoms. The largest absolute Gasteiger partial charge is 0.334 e. The third-order valence-corrected chi connectivity index (χ3v) is 5.64. The summed E-state index contributed by atoms with van der Waals surface area (Å²) < 4.78 is 31.9. The molecule has 2 aromatic rings. The minimum Gasteiger partial charge on any atom is -0.334 e. The van der Waals surface area contributed by atoms with E-state index in [1.807, 2.05) is 0 Å². The van der Waals surface area contributed by atoms with Gasteiger partial charge in [-0.3, -0.25) is 0 Å². The van der Waals surface area contributed by atoms with Gasteiger partial charge in [0.05, 0.1) is 10.4 Å². The Bertz CT molecular complexity index is 801. The normalized spacial score (nSPS) is 16.8. The first-order valence-corrected chi connectivity index (χ1v) is 9.16. The van der Waals surface area contributed by atoms with Crippen molar-refractivity contribution in [2.75, 3.05) is 6.54 Å². The average Bonchev–Trinajstić information content (AvgIpc) is 3.17. The second-order valence-corrected chi connectivity index (χ2v) is 7.58. The number of hydrogen-bond donors (Lipinski definition) is 2. The Labute approximate surface area is 147 Å². The first-order valence-electron chi connectivity index (χ1n) is 7.68. The number of sulfonamides is 1. The molecule has 1 aromatic carbocycles. The van der Waals surface area contributed by atoms with E-state index in [2.05, 4.69) is 14.9 Å². The van der Waals surface area contributed by atoms with Gasteiger partial charge < -0.3 is 10.3 Å². The first-order chi connectivity index (χ1) is 10.9. The fourth-order valence-electron chi connectivity index (χ4n) is 2.84. The molecule has 3 rings (SSSR count). The van der Waals surface area contributed by atoms with Crippen LogP contribution >= 0.6 is 12.4 Å². The van der Waals surface area contributed by atoms with Crippen molar-refractivity contribution >= 4 is 22.4 Å². The fraction of sp³-hybridized carbons (Fsp3) is 0.467. The second kappa shape index (κ2) is 7.18. The standard InChI is InChI=1S/C15H20N4O3S.ClH/c1-2-17-23(20,21)12-7-5-6-11(10-12)13-18-14(19-22-13)15(16)8-3-4-9-15;/h5-7,10,17H,2-4,8-9,16H2,1H3;1H. The summed E-state index contributed by atoms with van der Waals surface area (Å²) in [5.74, 6) is 0.773. The highest BCUT2D eigenvalue weighted by Crippen LogP contribution is 2.35. The highest BCUT2D eigenvalue weighted by Gasteiger charge is 2.36. The summed E-state index contributed by atoms with van der Waals surface area (Å²) in [5.41, 5.74) is 6.35. The summed E-state index contributed by atoms with van der Waals surface area (Å²) in [6, 6.07) is 6.44. The lowest BCUT2D eigenvalue weighted by Crippen LogP contribution is -2.34. The lowest BCUT2D eigenvalue weighted by molar-refractivity contribution is 0.372. The van der Waals surface area contributed by atoms with Crippen LogP contribution in [0.5, 0.6) is 0 Å². The van der Waals surface area contributed by atoms with Crippen molar-refractivity contribution in [3.8, 4) is 11.5 Å². The van der Waals surface area contributed by atoms with Crippen molar-refractivity contribution in [3.05, 3.63) is 30.1 Å². The van der Waals surface area contributed by atoms with Gasteiger partial charge in [-0.25, -0.2) is 13.1 Å². The average molecular weight is 373 g/mol. The molecule has 0 radical (unpaired) electrons. The van der Waals surface area contributed by atoms with Crippen LogP contribution in [0.15, 0.2) is 33.7 Å². The summed E-state index contributed by atoms with van der Waals surface area (Å²) >= 11 is 0. The molecule has 1 aliphatic rings. The van der Waals surface area contributed by atoms with Crippen LogP contribution < -0.4 is 10.5 Å². The molecule has 0 atom stereocenters. The van der Waals surface area contributed by atoms with Gasteiger partial charge in [-0.2, -0.15) is 4.98 Å². The van der Waals surface area contributed by atoms with Gasteiger partial charge in [0.1, 0.15) is 0 Å². The number of nitrogens with zero attached hydrogens (tertiary/aromatic N) is 2. The Morgan fingerprint density at radius 3 is 2.71 bits per heavy atom. The van der Waals surface area contributed by atoms with Crippen molar-refractivity contribution in [2.45, 2.75) is 43.0 Å². The molecule has 0 spiro atoms. The van der Waals surface area contributed by atoms with Gasteiger partial charge in [0.2, 0.25) is 10.0 Å². The van der Waals surface area contributed by atoms with Crippen LogP contribution in [-0.4, -0.2) is 25.1 Å². The number of nitrogens with two attached hydrogens (primary N) is 1. The monoisotopic (exact) mass is 372 g/mol. The minimum atomic E-state index is -3.53.